The summed E-state index contributed by atoms with van der Waals surface area (Å²) >= 11 is 0. The molecule has 4 aromatic carbocycles. The molecule has 0 amide bonds. The van der Waals surface area contributed by atoms with Crippen LogP contribution >= 0.6 is 0 Å². The Hall–Kier alpha value is -3.91. The highest BCUT2D eigenvalue weighted by atomic mass is 16.5. The molecular weight excluding hydrogens is 380 g/mol. The number of benzene rings is 4. The molecule has 2 aliphatic carbocycles. The van der Waals surface area contributed by atoms with E-state index in [0.29, 0.717) is 6.61 Å². The normalized spacial score (nSPS) is 13.2. The molecule has 6 rings (SSSR count). The predicted molar refractivity (Wildman–Crippen MR) is 124 cm³/mol. The first-order chi connectivity index (χ1) is 15.3. The van der Waals surface area contributed by atoms with Crippen molar-refractivity contribution >= 4 is 11.5 Å². The van der Waals surface area contributed by atoms with Gasteiger partial charge in [-0.25, -0.2) is 4.79 Å². The maximum absolute atomic E-state index is 12.9. The van der Waals surface area contributed by atoms with Gasteiger partial charge in [0.15, 0.2) is 0 Å². The number of esters is 1. The molecule has 0 saturated carbocycles. The van der Waals surface area contributed by atoms with E-state index in [2.05, 4.69) is 60.7 Å². The number of rotatable bonds is 3. The first kappa shape index (κ1) is 17.9. The summed E-state index contributed by atoms with van der Waals surface area (Å²) in [5.41, 5.74) is 10.3. The number of hydrogen-bond acceptors (Lipinski definition) is 2. The van der Waals surface area contributed by atoms with Crippen LogP contribution in [0.2, 0.25) is 0 Å². The van der Waals surface area contributed by atoms with Gasteiger partial charge in [-0.05, 0) is 50.1 Å². The number of fused-ring (bicyclic) bond motifs is 6. The summed E-state index contributed by atoms with van der Waals surface area (Å²) in [6.45, 7) is 0.333. The maximum atomic E-state index is 12.9. The van der Waals surface area contributed by atoms with Crippen LogP contribution in [0, 0.1) is 0 Å². The van der Waals surface area contributed by atoms with Gasteiger partial charge in [0, 0.05) is 12.0 Å². The van der Waals surface area contributed by atoms with Crippen LogP contribution < -0.4 is 0 Å². The van der Waals surface area contributed by atoms with E-state index < -0.39 is 0 Å². The Bertz CT molecular complexity index is 1270. The molecule has 0 aliphatic heterocycles. The Morgan fingerprint density at radius 2 is 1.03 bits per heavy atom. The number of hydrogen-bond donors (Lipinski definition) is 0. The van der Waals surface area contributed by atoms with E-state index in [1.54, 1.807) is 6.08 Å². The van der Waals surface area contributed by atoms with Crippen molar-refractivity contribution in [1.29, 1.82) is 0 Å². The monoisotopic (exact) mass is 400 g/mol. The lowest BCUT2D eigenvalue weighted by atomic mass is 9.98. The molecule has 148 valence electrons. The van der Waals surface area contributed by atoms with Crippen LogP contribution in [-0.4, -0.2) is 12.6 Å². The van der Waals surface area contributed by atoms with E-state index in [4.69, 9.17) is 4.74 Å². The van der Waals surface area contributed by atoms with Crippen molar-refractivity contribution in [3.05, 3.63) is 125 Å². The second-order valence-electron chi connectivity index (χ2n) is 8.01. The summed E-state index contributed by atoms with van der Waals surface area (Å²) in [4.78, 5) is 12.9. The minimum Gasteiger partial charge on any atom is -0.462 e. The molecule has 0 unspecified atom stereocenters. The van der Waals surface area contributed by atoms with Crippen LogP contribution in [0.3, 0.4) is 0 Å². The van der Waals surface area contributed by atoms with E-state index in [1.807, 2.05) is 36.4 Å². The third kappa shape index (κ3) is 2.83. The molecule has 0 aromatic heterocycles. The lowest BCUT2D eigenvalue weighted by Crippen LogP contribution is -2.11. The Kier molecular flexibility index (Phi) is 4.10. The lowest BCUT2D eigenvalue weighted by molar-refractivity contribution is -0.137. The van der Waals surface area contributed by atoms with Crippen molar-refractivity contribution in [1.82, 2.24) is 0 Å². The topological polar surface area (TPSA) is 26.3 Å². The fraction of sp³-hybridized carbons (Fsp3) is 0.0690. The van der Waals surface area contributed by atoms with Crippen molar-refractivity contribution in [3.8, 4) is 22.3 Å². The van der Waals surface area contributed by atoms with Crippen molar-refractivity contribution in [2.75, 3.05) is 6.61 Å². The second kappa shape index (κ2) is 7.10. The third-order valence-corrected chi connectivity index (χ3v) is 6.34. The number of ether oxygens (including phenoxy) is 1. The second-order valence-corrected chi connectivity index (χ2v) is 8.01. The Balaban J connectivity index is 1.30. The highest BCUT2D eigenvalue weighted by Crippen LogP contribution is 2.45. The molecule has 0 atom stereocenters. The average molecular weight is 400 g/mol. The van der Waals surface area contributed by atoms with E-state index in [9.17, 15) is 4.79 Å². The summed E-state index contributed by atoms with van der Waals surface area (Å²) in [5.74, 6) is -0.235. The molecule has 0 radical (unpaired) electrons. The molecule has 0 fully saturated rings. The summed E-state index contributed by atoms with van der Waals surface area (Å²) < 4.78 is 5.82. The van der Waals surface area contributed by atoms with Crippen molar-refractivity contribution in [3.63, 3.8) is 0 Å². The first-order valence-corrected chi connectivity index (χ1v) is 10.6. The van der Waals surface area contributed by atoms with Gasteiger partial charge >= 0.3 is 5.97 Å². The fourth-order valence-electron chi connectivity index (χ4n) is 4.97. The van der Waals surface area contributed by atoms with E-state index in [0.717, 1.165) is 27.8 Å². The van der Waals surface area contributed by atoms with E-state index in [1.165, 1.54) is 22.3 Å². The van der Waals surface area contributed by atoms with Crippen LogP contribution in [0.1, 0.15) is 28.2 Å². The van der Waals surface area contributed by atoms with Crippen LogP contribution in [0.4, 0.5) is 0 Å². The van der Waals surface area contributed by atoms with Gasteiger partial charge in [-0.2, -0.15) is 0 Å². The molecule has 0 N–H and O–H groups in total. The number of carbonyl (C=O) groups is 1. The first-order valence-electron chi connectivity index (χ1n) is 10.6. The van der Waals surface area contributed by atoms with Crippen LogP contribution in [-0.2, 0) is 9.53 Å². The summed E-state index contributed by atoms with van der Waals surface area (Å²) in [6, 6.07) is 33.2. The molecular formula is C29H20O2. The van der Waals surface area contributed by atoms with Gasteiger partial charge in [0.1, 0.15) is 6.61 Å². The van der Waals surface area contributed by atoms with Gasteiger partial charge in [-0.15, -0.1) is 0 Å². The molecule has 2 heteroatoms. The standard InChI is InChI=1S/C29H20O2/c30-29(17-27-23-13-5-1-9-19(23)20-10-2-6-14-24(20)27)31-18-28-25-15-7-3-11-21(25)22-12-4-8-16-26(22)28/h1-17,28H,18H2. The Morgan fingerprint density at radius 1 is 0.613 bits per heavy atom. The zero-order valence-electron chi connectivity index (χ0n) is 16.9. The van der Waals surface area contributed by atoms with Gasteiger partial charge in [0.25, 0.3) is 0 Å². The largest absolute Gasteiger partial charge is 0.462 e. The molecule has 4 aromatic rings. The van der Waals surface area contributed by atoms with Crippen molar-refractivity contribution in [2.24, 2.45) is 0 Å². The van der Waals surface area contributed by atoms with E-state index >= 15 is 0 Å². The summed E-state index contributed by atoms with van der Waals surface area (Å²) in [7, 11) is 0. The van der Waals surface area contributed by atoms with Gasteiger partial charge < -0.3 is 4.74 Å². The van der Waals surface area contributed by atoms with Gasteiger partial charge in [0.05, 0.1) is 0 Å². The molecule has 2 aliphatic rings. The fourth-order valence-corrected chi connectivity index (χ4v) is 4.97. The van der Waals surface area contributed by atoms with Crippen LogP contribution in [0.15, 0.2) is 103 Å². The van der Waals surface area contributed by atoms with Gasteiger partial charge in [0.2, 0.25) is 0 Å². The SMILES string of the molecule is O=C(C=C1c2ccccc2-c2ccccc21)OCC1c2ccccc2-c2ccccc21. The quantitative estimate of drug-likeness (QED) is 0.257. The molecule has 31 heavy (non-hydrogen) atoms. The zero-order valence-corrected chi connectivity index (χ0v) is 16.9. The maximum Gasteiger partial charge on any atom is 0.331 e. The Morgan fingerprint density at radius 3 is 1.55 bits per heavy atom. The number of carbonyl (C=O) groups excluding carboxylic acids is 1. The Labute approximate surface area is 181 Å². The average Bonchev–Trinajstić information content (AvgIpc) is 3.31. The van der Waals surface area contributed by atoms with Crippen molar-refractivity contribution in [2.45, 2.75) is 5.92 Å². The zero-order chi connectivity index (χ0) is 20.8. The highest BCUT2D eigenvalue weighted by Gasteiger charge is 2.29. The van der Waals surface area contributed by atoms with Crippen molar-refractivity contribution < 1.29 is 9.53 Å². The van der Waals surface area contributed by atoms with Gasteiger partial charge in [-0.3, -0.25) is 0 Å². The van der Waals surface area contributed by atoms with Gasteiger partial charge in [-0.1, -0.05) is 97.1 Å². The lowest BCUT2D eigenvalue weighted by Gasteiger charge is -2.13. The third-order valence-electron chi connectivity index (χ3n) is 6.34. The smallest absolute Gasteiger partial charge is 0.331 e. The van der Waals surface area contributed by atoms with E-state index in [-0.39, 0.29) is 11.9 Å². The summed E-state index contributed by atoms with van der Waals surface area (Å²) in [5, 5.41) is 0. The van der Waals surface area contributed by atoms with Crippen LogP contribution in [0.5, 0.6) is 0 Å². The summed E-state index contributed by atoms with van der Waals surface area (Å²) in [6.07, 6.45) is 1.65. The predicted octanol–water partition coefficient (Wildman–Crippen LogP) is 6.45. The molecule has 2 nitrogen and oxygen atoms in total. The molecule has 0 heterocycles. The van der Waals surface area contributed by atoms with Crippen LogP contribution in [0.25, 0.3) is 27.8 Å². The molecule has 0 saturated heterocycles. The minimum atomic E-state index is -0.302. The minimum absolute atomic E-state index is 0.0675. The highest BCUT2D eigenvalue weighted by molar-refractivity contribution is 6.06. The molecule has 0 bridgehead atoms. The molecule has 0 spiro atoms.